The standard InChI is InChI=1S/C12H10N2O2.C12H15NO.C8H14N2O3.C3H8/c15-7-13-11-3-1-9-5-12(14-8-16)4-2-10(9)6-11;14-12(13-8-4-5-9-13)10-11-6-2-1-3-7-11;1-13-8(12)9-6-7(11)10-4-2-3-5-10;1-3-2/h1-8H,(H,13,15)(H,14,16);1-3,6-7H,4-5,8-10H2;2-6H2,1H3,(H,9,12);3H2,1-2H3. The Hall–Kier alpha value is -4.93. The highest BCUT2D eigenvalue weighted by molar-refractivity contribution is 5.91. The molecule has 0 aliphatic carbocycles. The molecule has 0 saturated carbocycles. The van der Waals surface area contributed by atoms with Crippen molar-refractivity contribution in [2.24, 2.45) is 0 Å². The molecule has 2 aliphatic rings. The van der Waals surface area contributed by atoms with Crippen molar-refractivity contribution < 1.29 is 28.7 Å². The monoisotopic (exact) mass is 633 g/mol. The second kappa shape index (κ2) is 21.7. The summed E-state index contributed by atoms with van der Waals surface area (Å²) < 4.78 is 4.34. The zero-order chi connectivity index (χ0) is 33.6. The van der Waals surface area contributed by atoms with Crippen molar-refractivity contribution in [3.8, 4) is 0 Å². The van der Waals surface area contributed by atoms with E-state index in [1.54, 1.807) is 17.0 Å². The lowest BCUT2D eigenvalue weighted by molar-refractivity contribution is -0.130. The smallest absolute Gasteiger partial charge is 0.407 e. The fraction of sp³-hybridized carbons (Fsp3) is 0.400. The van der Waals surface area contributed by atoms with Crippen LogP contribution < -0.4 is 16.0 Å². The van der Waals surface area contributed by atoms with Crippen LogP contribution in [0, 0.1) is 0 Å². The van der Waals surface area contributed by atoms with Gasteiger partial charge in [-0.15, -0.1) is 0 Å². The maximum Gasteiger partial charge on any atom is 0.407 e. The zero-order valence-electron chi connectivity index (χ0n) is 27.1. The first kappa shape index (κ1) is 37.3. The molecule has 0 unspecified atom stereocenters. The van der Waals surface area contributed by atoms with E-state index in [0.717, 1.165) is 66.7 Å². The molecule has 0 radical (unpaired) electrons. The number of ether oxygens (including phenoxy) is 1. The number of likely N-dealkylation sites (tertiary alicyclic amines) is 2. The molecule has 11 heteroatoms. The maximum atomic E-state index is 11.7. The van der Waals surface area contributed by atoms with Crippen molar-refractivity contribution >= 4 is 52.9 Å². The third-order valence-corrected chi connectivity index (χ3v) is 6.98. The summed E-state index contributed by atoms with van der Waals surface area (Å²) in [5, 5.41) is 9.54. The molecule has 248 valence electrons. The zero-order valence-corrected chi connectivity index (χ0v) is 27.1. The second-order valence-electron chi connectivity index (χ2n) is 10.7. The molecule has 46 heavy (non-hydrogen) atoms. The lowest BCUT2D eigenvalue weighted by Crippen LogP contribution is -2.38. The molecule has 0 spiro atoms. The van der Waals surface area contributed by atoms with E-state index in [1.807, 2.05) is 59.5 Å². The molecule has 5 amide bonds. The molecule has 11 nitrogen and oxygen atoms in total. The summed E-state index contributed by atoms with van der Waals surface area (Å²) in [5.41, 5.74) is 2.61. The van der Waals surface area contributed by atoms with Crippen LogP contribution in [0.4, 0.5) is 16.2 Å². The van der Waals surface area contributed by atoms with Crippen molar-refractivity contribution in [2.45, 2.75) is 52.4 Å². The normalized spacial score (nSPS) is 13.0. The van der Waals surface area contributed by atoms with Gasteiger partial charge in [-0.2, -0.15) is 0 Å². The Morgan fingerprint density at radius 3 is 1.61 bits per heavy atom. The molecule has 2 fully saturated rings. The van der Waals surface area contributed by atoms with E-state index in [0.29, 0.717) is 19.2 Å². The van der Waals surface area contributed by atoms with Gasteiger partial charge in [0.2, 0.25) is 24.6 Å². The third-order valence-electron chi connectivity index (χ3n) is 6.98. The summed E-state index contributed by atoms with van der Waals surface area (Å²) in [6.45, 7) is 7.80. The minimum Gasteiger partial charge on any atom is -0.453 e. The molecule has 0 bridgehead atoms. The number of anilines is 2. The fourth-order valence-corrected chi connectivity index (χ4v) is 4.71. The van der Waals surface area contributed by atoms with Crippen LogP contribution in [0.2, 0.25) is 0 Å². The van der Waals surface area contributed by atoms with Crippen LogP contribution in [0.15, 0.2) is 66.7 Å². The lowest BCUT2D eigenvalue weighted by atomic mass is 10.1. The van der Waals surface area contributed by atoms with Gasteiger partial charge in [-0.1, -0.05) is 62.7 Å². The molecule has 2 aliphatic heterocycles. The third kappa shape index (κ3) is 13.8. The molecule has 0 atom stereocenters. The van der Waals surface area contributed by atoms with Gasteiger partial charge in [0.25, 0.3) is 0 Å². The highest BCUT2D eigenvalue weighted by atomic mass is 16.5. The summed E-state index contributed by atoms with van der Waals surface area (Å²) in [7, 11) is 1.27. The van der Waals surface area contributed by atoms with Gasteiger partial charge in [-0.05, 0) is 66.3 Å². The average Bonchev–Trinajstić information content (AvgIpc) is 3.81. The van der Waals surface area contributed by atoms with Gasteiger partial charge in [0.1, 0.15) is 6.54 Å². The van der Waals surface area contributed by atoms with Gasteiger partial charge < -0.3 is 30.5 Å². The number of hydrogen-bond acceptors (Lipinski definition) is 6. The summed E-state index contributed by atoms with van der Waals surface area (Å²) in [5.74, 6) is 0.233. The molecular formula is C35H47N5O6. The summed E-state index contributed by atoms with van der Waals surface area (Å²) in [6, 6.07) is 21.1. The van der Waals surface area contributed by atoms with Crippen LogP contribution >= 0.6 is 0 Å². The average molecular weight is 634 g/mol. The Balaban J connectivity index is 0.000000231. The minimum atomic E-state index is -0.562. The maximum absolute atomic E-state index is 11.7. The summed E-state index contributed by atoms with van der Waals surface area (Å²) >= 11 is 0. The SMILES string of the molecule is CCC.COC(=O)NCC(=O)N1CCCC1.O=C(Cc1ccccc1)N1CCCC1.O=CNc1ccc2cc(NC=O)ccc2c1. The van der Waals surface area contributed by atoms with Crippen LogP contribution in [-0.2, 0) is 30.3 Å². The van der Waals surface area contributed by atoms with E-state index >= 15 is 0 Å². The number of methoxy groups -OCH3 is 1. The Morgan fingerprint density at radius 2 is 1.17 bits per heavy atom. The molecule has 3 aromatic rings. The van der Waals surface area contributed by atoms with Gasteiger partial charge in [-0.25, -0.2) is 4.79 Å². The molecule has 5 rings (SSSR count). The first-order chi connectivity index (χ1) is 22.3. The largest absolute Gasteiger partial charge is 0.453 e. The van der Waals surface area contributed by atoms with Gasteiger partial charge in [0.15, 0.2) is 0 Å². The predicted octanol–water partition coefficient (Wildman–Crippen LogP) is 5.21. The second-order valence-corrected chi connectivity index (χ2v) is 10.7. The van der Waals surface area contributed by atoms with E-state index in [1.165, 1.54) is 26.4 Å². The van der Waals surface area contributed by atoms with Crippen molar-refractivity contribution in [1.29, 1.82) is 0 Å². The van der Waals surface area contributed by atoms with Gasteiger partial charge >= 0.3 is 6.09 Å². The number of alkyl carbamates (subject to hydrolysis) is 1. The molecular weight excluding hydrogens is 586 g/mol. The van der Waals surface area contributed by atoms with Crippen LogP contribution in [0.25, 0.3) is 10.8 Å². The Morgan fingerprint density at radius 1 is 0.717 bits per heavy atom. The number of carbonyl (C=O) groups is 5. The molecule has 0 aromatic heterocycles. The predicted molar refractivity (Wildman–Crippen MR) is 181 cm³/mol. The van der Waals surface area contributed by atoms with Crippen molar-refractivity contribution in [3.63, 3.8) is 0 Å². The molecule has 2 heterocycles. The van der Waals surface area contributed by atoms with Crippen molar-refractivity contribution in [2.75, 3.05) is 50.5 Å². The first-order valence-corrected chi connectivity index (χ1v) is 15.7. The summed E-state index contributed by atoms with van der Waals surface area (Å²) in [6.07, 6.45) is 6.98. The van der Waals surface area contributed by atoms with Gasteiger partial charge in [-0.3, -0.25) is 19.2 Å². The van der Waals surface area contributed by atoms with E-state index in [-0.39, 0.29) is 18.4 Å². The van der Waals surface area contributed by atoms with E-state index in [2.05, 4.69) is 34.5 Å². The number of carbonyl (C=O) groups excluding carboxylic acids is 5. The Labute approximate surface area is 271 Å². The fourth-order valence-electron chi connectivity index (χ4n) is 4.71. The van der Waals surface area contributed by atoms with Gasteiger partial charge in [0, 0.05) is 37.6 Å². The highest BCUT2D eigenvalue weighted by Crippen LogP contribution is 2.22. The first-order valence-electron chi connectivity index (χ1n) is 15.7. The quantitative estimate of drug-likeness (QED) is 0.292. The Bertz CT molecular complexity index is 1320. The number of benzene rings is 3. The number of fused-ring (bicyclic) bond motifs is 1. The number of nitrogens with one attached hydrogen (secondary N) is 3. The van der Waals surface area contributed by atoms with Crippen LogP contribution in [0.1, 0.15) is 51.5 Å². The highest BCUT2D eigenvalue weighted by Gasteiger charge is 2.18. The number of hydrogen-bond donors (Lipinski definition) is 3. The van der Waals surface area contributed by atoms with Crippen molar-refractivity contribution in [1.82, 2.24) is 15.1 Å². The van der Waals surface area contributed by atoms with Crippen molar-refractivity contribution in [3.05, 3.63) is 72.3 Å². The number of rotatable bonds is 8. The van der Waals surface area contributed by atoms with Crippen LogP contribution in [-0.4, -0.2) is 80.4 Å². The summed E-state index contributed by atoms with van der Waals surface area (Å²) in [4.78, 5) is 58.0. The van der Waals surface area contributed by atoms with Crippen LogP contribution in [0.3, 0.4) is 0 Å². The van der Waals surface area contributed by atoms with E-state index in [4.69, 9.17) is 0 Å². The molecule has 3 aromatic carbocycles. The van der Waals surface area contributed by atoms with E-state index < -0.39 is 6.09 Å². The lowest BCUT2D eigenvalue weighted by Gasteiger charge is -2.14. The topological polar surface area (TPSA) is 137 Å². The van der Waals surface area contributed by atoms with E-state index in [9.17, 15) is 24.0 Å². The number of amides is 5. The molecule has 3 N–H and O–H groups in total. The molecule has 2 saturated heterocycles. The van der Waals surface area contributed by atoms with Crippen LogP contribution in [0.5, 0.6) is 0 Å². The van der Waals surface area contributed by atoms with Gasteiger partial charge in [0.05, 0.1) is 13.5 Å². The Kier molecular flexibility index (Phi) is 17.6. The number of nitrogens with zero attached hydrogens (tertiary/aromatic N) is 2. The minimum absolute atomic E-state index is 0.0344.